The van der Waals surface area contributed by atoms with Crippen molar-refractivity contribution in [3.63, 3.8) is 0 Å². The van der Waals surface area contributed by atoms with Gasteiger partial charge >= 0.3 is 0 Å². The van der Waals surface area contributed by atoms with Gasteiger partial charge in [-0.2, -0.15) is 5.10 Å². The summed E-state index contributed by atoms with van der Waals surface area (Å²) >= 11 is 8.75. The molecule has 2 heterocycles. The molecular weight excluding hydrogens is 553 g/mol. The molecule has 1 aromatic heterocycles. The van der Waals surface area contributed by atoms with Crippen LogP contribution in [0.1, 0.15) is 29.3 Å². The molecule has 0 saturated heterocycles. The molecule has 0 aliphatic carbocycles. The number of hydrogen-bond acceptors (Lipinski definition) is 5. The predicted octanol–water partition coefficient (Wildman–Crippen LogP) is 4.06. The Morgan fingerprint density at radius 1 is 1.33 bits per heavy atom. The summed E-state index contributed by atoms with van der Waals surface area (Å²) in [5, 5.41) is 23.9. The standard InChI is InChI=1S/C24H25ClIN5O2/c1-31(26)13-17-8-7-16(9-20(17)25)19-12-28-30-23(19)18-10-21(27-11-18)24(33)29-22(14-32)15-5-3-2-4-6-15/h2-9,11-12,21-22,27,32H,10,13-14H2,1H3,(H,28,30)(H,29,33). The van der Waals surface area contributed by atoms with E-state index in [1.165, 1.54) is 0 Å². The lowest BCUT2D eigenvalue weighted by atomic mass is 9.98. The van der Waals surface area contributed by atoms with Gasteiger partial charge in [0.15, 0.2) is 0 Å². The fourth-order valence-corrected chi connectivity index (χ4v) is 4.51. The van der Waals surface area contributed by atoms with Crippen LogP contribution in [0.2, 0.25) is 5.02 Å². The van der Waals surface area contributed by atoms with E-state index in [9.17, 15) is 9.90 Å². The molecule has 1 aliphatic rings. The van der Waals surface area contributed by atoms with Gasteiger partial charge in [0.25, 0.3) is 0 Å². The maximum atomic E-state index is 12.9. The van der Waals surface area contributed by atoms with E-state index in [0.29, 0.717) is 11.4 Å². The summed E-state index contributed by atoms with van der Waals surface area (Å²) in [5.74, 6) is -0.166. The molecule has 0 spiro atoms. The largest absolute Gasteiger partial charge is 0.394 e. The van der Waals surface area contributed by atoms with Gasteiger partial charge in [-0.3, -0.25) is 9.89 Å². The van der Waals surface area contributed by atoms with E-state index in [1.807, 2.05) is 64.9 Å². The van der Waals surface area contributed by atoms with Crippen LogP contribution in [0.3, 0.4) is 0 Å². The zero-order valence-corrected chi connectivity index (χ0v) is 21.0. The number of H-pyrrole nitrogens is 1. The molecule has 2 unspecified atom stereocenters. The number of aliphatic hydroxyl groups is 1. The number of aromatic amines is 1. The van der Waals surface area contributed by atoms with Gasteiger partial charge in [-0.15, -0.1) is 0 Å². The molecule has 0 saturated carbocycles. The van der Waals surface area contributed by atoms with E-state index in [0.717, 1.165) is 40.1 Å². The molecule has 0 fully saturated rings. The average molecular weight is 578 g/mol. The Morgan fingerprint density at radius 3 is 2.82 bits per heavy atom. The lowest BCUT2D eigenvalue weighted by Gasteiger charge is -2.19. The first-order valence-corrected chi connectivity index (χ1v) is 11.9. The highest BCUT2D eigenvalue weighted by Gasteiger charge is 2.28. The second kappa shape index (κ2) is 10.7. The first-order chi connectivity index (χ1) is 16.0. The van der Waals surface area contributed by atoms with Gasteiger partial charge in [0, 0.05) is 52.6 Å². The van der Waals surface area contributed by atoms with Crippen LogP contribution in [0.25, 0.3) is 16.7 Å². The highest BCUT2D eigenvalue weighted by Crippen LogP contribution is 2.34. The smallest absolute Gasteiger partial charge is 0.243 e. The average Bonchev–Trinajstić information content (AvgIpc) is 3.48. The molecule has 172 valence electrons. The highest BCUT2D eigenvalue weighted by molar-refractivity contribution is 14.1. The molecule has 4 N–H and O–H groups in total. The molecule has 33 heavy (non-hydrogen) atoms. The Kier molecular flexibility index (Phi) is 7.69. The number of nitrogens with one attached hydrogen (secondary N) is 3. The molecule has 4 rings (SSSR count). The van der Waals surface area contributed by atoms with Gasteiger partial charge in [0.05, 0.1) is 24.5 Å². The third kappa shape index (κ3) is 5.57. The Bertz CT molecular complexity index is 1150. The zero-order chi connectivity index (χ0) is 23.4. The summed E-state index contributed by atoms with van der Waals surface area (Å²) in [6.07, 6.45) is 4.12. The van der Waals surface area contributed by atoms with Crippen molar-refractivity contribution in [2.45, 2.75) is 25.0 Å². The SMILES string of the molecule is CN(I)Cc1ccc(-c2cn[nH]c2C2=CNC(C(=O)NC(CO)c3ccccc3)C2)cc1Cl. The number of aromatic nitrogens is 2. The minimum absolute atomic E-state index is 0.166. The van der Waals surface area contributed by atoms with Crippen molar-refractivity contribution in [3.05, 3.63) is 82.8 Å². The van der Waals surface area contributed by atoms with Crippen LogP contribution in [0.4, 0.5) is 0 Å². The van der Waals surface area contributed by atoms with E-state index in [-0.39, 0.29) is 12.5 Å². The number of rotatable bonds is 8. The monoisotopic (exact) mass is 577 g/mol. The second-order valence-corrected chi connectivity index (χ2v) is 10.0. The topological polar surface area (TPSA) is 93.3 Å². The van der Waals surface area contributed by atoms with Crippen molar-refractivity contribution >= 4 is 45.9 Å². The first-order valence-electron chi connectivity index (χ1n) is 10.6. The van der Waals surface area contributed by atoms with Gasteiger partial charge in [0.1, 0.15) is 6.04 Å². The molecule has 0 bridgehead atoms. The number of benzene rings is 2. The molecule has 2 atom stereocenters. The molecular formula is C24H25ClIN5O2. The lowest BCUT2D eigenvalue weighted by molar-refractivity contribution is -0.123. The van der Waals surface area contributed by atoms with Crippen molar-refractivity contribution in [2.24, 2.45) is 0 Å². The number of carbonyl (C=O) groups excluding carboxylic acids is 1. The summed E-state index contributed by atoms with van der Waals surface area (Å²) < 4.78 is 2.04. The molecule has 1 amide bonds. The van der Waals surface area contributed by atoms with Gasteiger partial charge in [-0.25, -0.2) is 3.11 Å². The second-order valence-electron chi connectivity index (χ2n) is 7.98. The van der Waals surface area contributed by atoms with E-state index < -0.39 is 12.1 Å². The predicted molar refractivity (Wildman–Crippen MR) is 138 cm³/mol. The Hall–Kier alpha value is -2.40. The van der Waals surface area contributed by atoms with Crippen molar-refractivity contribution in [1.29, 1.82) is 0 Å². The van der Waals surface area contributed by atoms with Crippen LogP contribution in [0.5, 0.6) is 0 Å². The first kappa shape index (κ1) is 23.7. The number of halogens is 2. The van der Waals surface area contributed by atoms with Crippen LogP contribution in [-0.2, 0) is 11.3 Å². The number of amides is 1. The molecule has 9 heteroatoms. The number of hydrogen-bond donors (Lipinski definition) is 4. The van der Waals surface area contributed by atoms with E-state index in [1.54, 1.807) is 6.20 Å². The van der Waals surface area contributed by atoms with Crippen molar-refractivity contribution in [3.8, 4) is 11.1 Å². The lowest BCUT2D eigenvalue weighted by Crippen LogP contribution is -2.42. The Labute approximate surface area is 211 Å². The summed E-state index contributed by atoms with van der Waals surface area (Å²) in [4.78, 5) is 12.9. The van der Waals surface area contributed by atoms with E-state index >= 15 is 0 Å². The van der Waals surface area contributed by atoms with Crippen LogP contribution in [0, 0.1) is 0 Å². The third-order valence-electron chi connectivity index (χ3n) is 5.61. The van der Waals surface area contributed by atoms with Gasteiger partial charge in [0.2, 0.25) is 5.91 Å². The third-order valence-corrected chi connectivity index (χ3v) is 6.31. The quantitative estimate of drug-likeness (QED) is 0.239. The van der Waals surface area contributed by atoms with Crippen LogP contribution < -0.4 is 10.6 Å². The molecule has 3 aromatic rings. The maximum absolute atomic E-state index is 12.9. The van der Waals surface area contributed by atoms with Crippen molar-refractivity contribution in [1.82, 2.24) is 23.9 Å². The zero-order valence-electron chi connectivity index (χ0n) is 18.1. The summed E-state index contributed by atoms with van der Waals surface area (Å²) in [6.45, 7) is 0.582. The van der Waals surface area contributed by atoms with Gasteiger partial charge in [-0.1, -0.05) is 54.1 Å². The summed E-state index contributed by atoms with van der Waals surface area (Å²) in [7, 11) is 1.99. The number of nitrogens with zero attached hydrogens (tertiary/aromatic N) is 2. The fraction of sp³-hybridized carbons (Fsp3) is 0.250. The summed E-state index contributed by atoms with van der Waals surface area (Å²) in [6, 6.07) is 14.6. The minimum atomic E-state index is -0.450. The fourth-order valence-electron chi connectivity index (χ4n) is 3.90. The molecule has 1 aliphatic heterocycles. The Morgan fingerprint density at radius 2 is 2.12 bits per heavy atom. The Balaban J connectivity index is 1.46. The highest BCUT2D eigenvalue weighted by atomic mass is 127. The van der Waals surface area contributed by atoms with Gasteiger partial charge in [-0.05, 0) is 35.4 Å². The summed E-state index contributed by atoms with van der Waals surface area (Å²) in [5.41, 5.74) is 5.62. The van der Waals surface area contributed by atoms with Crippen molar-refractivity contribution < 1.29 is 9.90 Å². The molecule has 7 nitrogen and oxygen atoms in total. The molecule has 0 radical (unpaired) electrons. The minimum Gasteiger partial charge on any atom is -0.394 e. The number of carbonyl (C=O) groups is 1. The normalized spacial score (nSPS) is 16.4. The maximum Gasteiger partial charge on any atom is 0.243 e. The van der Waals surface area contributed by atoms with E-state index in [2.05, 4.69) is 43.7 Å². The van der Waals surface area contributed by atoms with Crippen molar-refractivity contribution in [2.75, 3.05) is 13.7 Å². The van der Waals surface area contributed by atoms with Gasteiger partial charge < -0.3 is 15.7 Å². The van der Waals surface area contributed by atoms with E-state index in [4.69, 9.17) is 11.6 Å². The molecule has 2 aromatic carbocycles. The van der Waals surface area contributed by atoms with Crippen LogP contribution in [-0.4, -0.2) is 44.0 Å². The van der Waals surface area contributed by atoms with Crippen LogP contribution >= 0.6 is 34.5 Å². The van der Waals surface area contributed by atoms with Crippen LogP contribution in [0.15, 0.2) is 60.9 Å². The number of aliphatic hydroxyl groups excluding tert-OH is 1.